The molecule has 0 aromatic heterocycles. The molecule has 3 aromatic carbocycles. The fraction of sp³-hybridized carbons (Fsp3) is 0.100. The minimum atomic E-state index is -5.11. The van der Waals surface area contributed by atoms with E-state index in [1.54, 1.807) is 0 Å². The molecule has 0 amide bonds. The Hall–Kier alpha value is -3.10. The van der Waals surface area contributed by atoms with Gasteiger partial charge in [0.1, 0.15) is 11.6 Å². The van der Waals surface area contributed by atoms with Crippen LogP contribution in [0.2, 0.25) is 0 Å². The summed E-state index contributed by atoms with van der Waals surface area (Å²) < 4.78 is 109. The van der Waals surface area contributed by atoms with Crippen molar-refractivity contribution in [3.63, 3.8) is 0 Å². The Labute approximate surface area is 159 Å². The Bertz CT molecular complexity index is 1010. The molecule has 0 atom stereocenters. The average molecular weight is 418 g/mol. The summed E-state index contributed by atoms with van der Waals surface area (Å²) in [6.45, 7) is 0. The molecule has 0 unspecified atom stereocenters. The largest absolute Gasteiger partial charge is 0.461 e. The standard InChI is InChI=1S/C20H10F8O/c21-13-4-1-10(2-5-13)11-3-6-14(15(22)7-11)12-8-16(23)18(17(24)9-12)29-20(27,28)19(25)26/h1-9,19H. The summed E-state index contributed by atoms with van der Waals surface area (Å²) in [4.78, 5) is 0. The highest BCUT2D eigenvalue weighted by atomic mass is 19.3. The molecule has 0 aliphatic heterocycles. The molecule has 3 aromatic rings. The van der Waals surface area contributed by atoms with Crippen LogP contribution in [0.1, 0.15) is 0 Å². The second-order valence-corrected chi connectivity index (χ2v) is 5.94. The van der Waals surface area contributed by atoms with Gasteiger partial charge in [0.25, 0.3) is 0 Å². The summed E-state index contributed by atoms with van der Waals surface area (Å²) >= 11 is 0. The Balaban J connectivity index is 1.96. The van der Waals surface area contributed by atoms with E-state index in [9.17, 15) is 35.1 Å². The molecule has 0 spiro atoms. The highest BCUT2D eigenvalue weighted by molar-refractivity contribution is 5.71. The van der Waals surface area contributed by atoms with Crippen molar-refractivity contribution in [2.24, 2.45) is 0 Å². The molecule has 0 saturated heterocycles. The molecule has 1 nitrogen and oxygen atoms in total. The molecule has 29 heavy (non-hydrogen) atoms. The van der Waals surface area contributed by atoms with Crippen LogP contribution in [-0.4, -0.2) is 12.5 Å². The van der Waals surface area contributed by atoms with Gasteiger partial charge in [-0.3, -0.25) is 0 Å². The van der Waals surface area contributed by atoms with Crippen molar-refractivity contribution in [2.75, 3.05) is 0 Å². The summed E-state index contributed by atoms with van der Waals surface area (Å²) in [5.41, 5.74) is 0.188. The topological polar surface area (TPSA) is 9.23 Å². The van der Waals surface area contributed by atoms with Crippen LogP contribution in [0, 0.1) is 23.3 Å². The van der Waals surface area contributed by atoms with Crippen molar-refractivity contribution < 1.29 is 39.9 Å². The first-order valence-corrected chi connectivity index (χ1v) is 7.98. The van der Waals surface area contributed by atoms with E-state index >= 15 is 0 Å². The number of ether oxygens (including phenoxy) is 1. The van der Waals surface area contributed by atoms with E-state index in [1.165, 1.54) is 36.4 Å². The molecule has 0 aliphatic rings. The second-order valence-electron chi connectivity index (χ2n) is 5.94. The molecule has 0 heterocycles. The van der Waals surface area contributed by atoms with E-state index in [0.29, 0.717) is 23.3 Å². The molecule has 0 radical (unpaired) electrons. The lowest BCUT2D eigenvalue weighted by Gasteiger charge is -2.18. The number of benzene rings is 3. The third-order valence-electron chi connectivity index (χ3n) is 3.95. The molecule has 0 fully saturated rings. The molecule has 3 rings (SSSR count). The van der Waals surface area contributed by atoms with Crippen LogP contribution in [0.25, 0.3) is 22.3 Å². The smallest absolute Gasteiger partial charge is 0.422 e. The predicted molar refractivity (Wildman–Crippen MR) is 88.7 cm³/mol. The van der Waals surface area contributed by atoms with Crippen LogP contribution >= 0.6 is 0 Å². The third-order valence-corrected chi connectivity index (χ3v) is 3.95. The Kier molecular flexibility index (Phi) is 5.50. The zero-order valence-corrected chi connectivity index (χ0v) is 14.2. The lowest BCUT2D eigenvalue weighted by molar-refractivity contribution is -0.255. The fourth-order valence-electron chi connectivity index (χ4n) is 2.56. The summed E-state index contributed by atoms with van der Waals surface area (Å²) in [7, 11) is 0. The van der Waals surface area contributed by atoms with E-state index in [4.69, 9.17) is 0 Å². The first-order chi connectivity index (χ1) is 13.6. The minimum absolute atomic E-state index is 0.277. The van der Waals surface area contributed by atoms with Crippen molar-refractivity contribution >= 4 is 0 Å². The van der Waals surface area contributed by atoms with Crippen molar-refractivity contribution in [3.05, 3.63) is 77.9 Å². The van der Waals surface area contributed by atoms with Gasteiger partial charge >= 0.3 is 12.5 Å². The van der Waals surface area contributed by atoms with Gasteiger partial charge in [-0.1, -0.05) is 24.3 Å². The van der Waals surface area contributed by atoms with Gasteiger partial charge < -0.3 is 4.74 Å². The predicted octanol–water partition coefficient (Wildman–Crippen LogP) is 6.81. The van der Waals surface area contributed by atoms with Crippen LogP contribution in [0.15, 0.2) is 54.6 Å². The van der Waals surface area contributed by atoms with Gasteiger partial charge in [-0.25, -0.2) is 17.6 Å². The average Bonchev–Trinajstić information content (AvgIpc) is 2.65. The van der Waals surface area contributed by atoms with E-state index in [2.05, 4.69) is 4.74 Å². The van der Waals surface area contributed by atoms with Gasteiger partial charge in [0, 0.05) is 5.56 Å². The molecule has 0 bridgehead atoms. The molecule has 0 N–H and O–H groups in total. The maximum atomic E-state index is 14.5. The third kappa shape index (κ3) is 4.33. The highest BCUT2D eigenvalue weighted by Gasteiger charge is 2.45. The van der Waals surface area contributed by atoms with Crippen LogP contribution in [0.3, 0.4) is 0 Å². The van der Waals surface area contributed by atoms with Gasteiger partial charge in [-0.15, -0.1) is 0 Å². The molecular formula is C20H10F8O. The lowest BCUT2D eigenvalue weighted by Crippen LogP contribution is -2.34. The van der Waals surface area contributed by atoms with Gasteiger partial charge in [0.15, 0.2) is 17.4 Å². The minimum Gasteiger partial charge on any atom is -0.422 e. The summed E-state index contributed by atoms with van der Waals surface area (Å²) in [5, 5.41) is 0. The highest BCUT2D eigenvalue weighted by Crippen LogP contribution is 2.35. The van der Waals surface area contributed by atoms with Gasteiger partial charge in [-0.05, 0) is 47.0 Å². The Morgan fingerprint density at radius 2 is 1.17 bits per heavy atom. The number of halogens is 8. The van der Waals surface area contributed by atoms with E-state index in [1.807, 2.05) is 0 Å². The zero-order chi connectivity index (χ0) is 21.3. The van der Waals surface area contributed by atoms with Crippen molar-refractivity contribution in [2.45, 2.75) is 12.5 Å². The molecule has 0 saturated carbocycles. The van der Waals surface area contributed by atoms with Crippen molar-refractivity contribution in [1.29, 1.82) is 0 Å². The first-order valence-electron chi connectivity index (χ1n) is 7.98. The van der Waals surface area contributed by atoms with Crippen LogP contribution in [0.5, 0.6) is 5.75 Å². The monoisotopic (exact) mass is 418 g/mol. The quantitative estimate of drug-likeness (QED) is 0.414. The van der Waals surface area contributed by atoms with Crippen molar-refractivity contribution in [3.8, 4) is 28.0 Å². The normalized spacial score (nSPS) is 11.8. The van der Waals surface area contributed by atoms with E-state index in [0.717, 1.165) is 6.07 Å². The van der Waals surface area contributed by atoms with E-state index < -0.39 is 41.6 Å². The number of rotatable bonds is 5. The van der Waals surface area contributed by atoms with Crippen LogP contribution in [0.4, 0.5) is 35.1 Å². The lowest BCUT2D eigenvalue weighted by atomic mass is 9.99. The first kappa shape index (κ1) is 20.6. The zero-order valence-electron chi connectivity index (χ0n) is 14.2. The van der Waals surface area contributed by atoms with E-state index in [-0.39, 0.29) is 11.1 Å². The molecule has 9 heteroatoms. The van der Waals surface area contributed by atoms with Crippen molar-refractivity contribution in [1.82, 2.24) is 0 Å². The number of hydrogen-bond acceptors (Lipinski definition) is 1. The SMILES string of the molecule is Fc1ccc(-c2ccc(-c3cc(F)c(OC(F)(F)C(F)F)c(F)c3)c(F)c2)cc1. The number of hydrogen-bond donors (Lipinski definition) is 0. The fourth-order valence-corrected chi connectivity index (χ4v) is 2.56. The maximum Gasteiger partial charge on any atom is 0.461 e. The maximum absolute atomic E-state index is 14.5. The molecule has 152 valence electrons. The molecular weight excluding hydrogens is 408 g/mol. The Morgan fingerprint density at radius 1 is 0.655 bits per heavy atom. The number of alkyl halides is 4. The van der Waals surface area contributed by atoms with Gasteiger partial charge in [-0.2, -0.15) is 17.6 Å². The summed E-state index contributed by atoms with van der Waals surface area (Å²) in [6.07, 6.45) is -9.41. The molecule has 0 aliphatic carbocycles. The van der Waals surface area contributed by atoms with Crippen LogP contribution < -0.4 is 4.74 Å². The summed E-state index contributed by atoms with van der Waals surface area (Å²) in [6, 6.07) is 9.71. The van der Waals surface area contributed by atoms with Gasteiger partial charge in [0.05, 0.1) is 0 Å². The summed E-state index contributed by atoms with van der Waals surface area (Å²) in [5.74, 6) is -6.51. The second kappa shape index (κ2) is 7.73. The van der Waals surface area contributed by atoms with Gasteiger partial charge in [0.2, 0.25) is 0 Å². The Morgan fingerprint density at radius 3 is 1.69 bits per heavy atom. The van der Waals surface area contributed by atoms with Crippen LogP contribution in [-0.2, 0) is 0 Å².